The van der Waals surface area contributed by atoms with E-state index in [0.717, 1.165) is 36.4 Å². The van der Waals surface area contributed by atoms with Gasteiger partial charge in [-0.2, -0.15) is 0 Å². The molecule has 2 aliphatic rings. The molecule has 0 bridgehead atoms. The SMILES string of the molecule is COc1cccc([C@]23CCNC(C(=O)c4cccs4)C2Cc2c([nH]c4ccccc24)C3)c1. The summed E-state index contributed by atoms with van der Waals surface area (Å²) in [6, 6.07) is 20.8. The molecule has 6 rings (SSSR count). The number of hydrogen-bond acceptors (Lipinski definition) is 4. The third kappa shape index (κ3) is 2.95. The number of carbonyl (C=O) groups is 1. The van der Waals surface area contributed by atoms with Crippen LogP contribution in [0.5, 0.6) is 5.75 Å². The number of para-hydroxylation sites is 1. The third-order valence-corrected chi connectivity index (χ3v) is 8.44. The van der Waals surface area contributed by atoms with Crippen molar-refractivity contribution in [2.45, 2.75) is 30.7 Å². The van der Waals surface area contributed by atoms with Crippen LogP contribution in [0.4, 0.5) is 0 Å². The zero-order valence-electron chi connectivity index (χ0n) is 18.1. The highest BCUT2D eigenvalue weighted by Gasteiger charge is 2.52. The number of hydrogen-bond donors (Lipinski definition) is 2. The fraction of sp³-hybridized carbons (Fsp3) is 0.296. The minimum absolute atomic E-state index is 0.120. The van der Waals surface area contributed by atoms with E-state index in [9.17, 15) is 4.79 Å². The number of aromatic nitrogens is 1. The summed E-state index contributed by atoms with van der Waals surface area (Å²) < 4.78 is 5.58. The Morgan fingerprint density at radius 1 is 1.12 bits per heavy atom. The van der Waals surface area contributed by atoms with Crippen molar-refractivity contribution in [3.05, 3.63) is 87.7 Å². The summed E-state index contributed by atoms with van der Waals surface area (Å²) in [7, 11) is 1.72. The van der Waals surface area contributed by atoms with Gasteiger partial charge in [-0.15, -0.1) is 11.3 Å². The maximum absolute atomic E-state index is 13.6. The molecule has 0 amide bonds. The van der Waals surface area contributed by atoms with E-state index in [1.165, 1.54) is 39.1 Å². The molecule has 3 atom stereocenters. The van der Waals surface area contributed by atoms with Crippen molar-refractivity contribution < 1.29 is 9.53 Å². The smallest absolute Gasteiger partial charge is 0.189 e. The normalized spacial score (nSPS) is 24.7. The molecular weight excluding hydrogens is 416 g/mol. The van der Waals surface area contributed by atoms with E-state index in [-0.39, 0.29) is 23.2 Å². The summed E-state index contributed by atoms with van der Waals surface area (Å²) in [5.41, 5.74) is 5.03. The van der Waals surface area contributed by atoms with Gasteiger partial charge in [-0.05, 0) is 72.5 Å². The maximum atomic E-state index is 13.6. The lowest BCUT2D eigenvalue weighted by molar-refractivity contribution is 0.0754. The van der Waals surface area contributed by atoms with Crippen LogP contribution in [0.3, 0.4) is 0 Å². The maximum Gasteiger partial charge on any atom is 0.189 e. The summed E-state index contributed by atoms with van der Waals surface area (Å²) in [4.78, 5) is 18.2. The Bertz CT molecular complexity index is 1290. The average Bonchev–Trinajstić information content (AvgIpc) is 3.50. The van der Waals surface area contributed by atoms with Crippen LogP contribution in [0.1, 0.15) is 32.9 Å². The van der Waals surface area contributed by atoms with Crippen LogP contribution >= 0.6 is 11.3 Å². The van der Waals surface area contributed by atoms with Gasteiger partial charge in [0.05, 0.1) is 18.0 Å². The third-order valence-electron chi connectivity index (χ3n) is 7.56. The van der Waals surface area contributed by atoms with Crippen LogP contribution in [-0.2, 0) is 18.3 Å². The van der Waals surface area contributed by atoms with Crippen LogP contribution in [0.25, 0.3) is 10.9 Å². The molecule has 0 saturated carbocycles. The van der Waals surface area contributed by atoms with Gasteiger partial charge in [0.15, 0.2) is 5.78 Å². The number of Topliss-reactive ketones (excluding diaryl/α,β-unsaturated/α-hetero) is 1. The predicted octanol–water partition coefficient (Wildman–Crippen LogP) is 5.14. The Kier molecular flexibility index (Phi) is 4.70. The number of benzene rings is 2. The first-order valence-corrected chi connectivity index (χ1v) is 12.1. The Balaban J connectivity index is 1.53. The van der Waals surface area contributed by atoms with Gasteiger partial charge in [-0.3, -0.25) is 4.79 Å². The van der Waals surface area contributed by atoms with E-state index in [0.29, 0.717) is 0 Å². The van der Waals surface area contributed by atoms with Crippen molar-refractivity contribution in [1.82, 2.24) is 10.3 Å². The largest absolute Gasteiger partial charge is 0.497 e. The summed E-state index contributed by atoms with van der Waals surface area (Å²) >= 11 is 1.54. The molecule has 0 spiro atoms. The number of rotatable bonds is 4. The zero-order chi connectivity index (χ0) is 21.7. The molecule has 1 saturated heterocycles. The van der Waals surface area contributed by atoms with Crippen molar-refractivity contribution in [3.63, 3.8) is 0 Å². The molecule has 2 N–H and O–H groups in total. The molecule has 0 radical (unpaired) electrons. The zero-order valence-corrected chi connectivity index (χ0v) is 18.9. The van der Waals surface area contributed by atoms with Crippen LogP contribution in [0.15, 0.2) is 66.0 Å². The van der Waals surface area contributed by atoms with Gasteiger partial charge in [0.1, 0.15) is 5.75 Å². The number of ketones is 1. The second kappa shape index (κ2) is 7.61. The van der Waals surface area contributed by atoms with Gasteiger partial charge < -0.3 is 15.0 Å². The second-order valence-electron chi connectivity index (χ2n) is 9.03. The molecule has 5 heteroatoms. The fourth-order valence-electron chi connectivity index (χ4n) is 6.05. The quantitative estimate of drug-likeness (QED) is 0.431. The number of carbonyl (C=O) groups excluding carboxylic acids is 1. The molecule has 3 heterocycles. The lowest BCUT2D eigenvalue weighted by atomic mass is 9.56. The Morgan fingerprint density at radius 2 is 2.03 bits per heavy atom. The van der Waals surface area contributed by atoms with Crippen molar-refractivity contribution in [3.8, 4) is 5.75 Å². The minimum atomic E-state index is -0.199. The first-order chi connectivity index (χ1) is 15.7. The number of fused-ring (bicyclic) bond motifs is 4. The summed E-state index contributed by atoms with van der Waals surface area (Å²) in [6.07, 6.45) is 2.78. The Labute approximate surface area is 191 Å². The van der Waals surface area contributed by atoms with E-state index >= 15 is 0 Å². The minimum Gasteiger partial charge on any atom is -0.497 e. The van der Waals surface area contributed by atoms with Crippen LogP contribution in [-0.4, -0.2) is 30.5 Å². The van der Waals surface area contributed by atoms with E-state index in [2.05, 4.69) is 52.8 Å². The molecule has 32 heavy (non-hydrogen) atoms. The predicted molar refractivity (Wildman–Crippen MR) is 129 cm³/mol. The van der Waals surface area contributed by atoms with Gasteiger partial charge in [0.2, 0.25) is 0 Å². The first kappa shape index (κ1) is 19.8. The number of H-pyrrole nitrogens is 1. The highest BCUT2D eigenvalue weighted by atomic mass is 32.1. The monoisotopic (exact) mass is 442 g/mol. The average molecular weight is 443 g/mol. The molecule has 1 aliphatic heterocycles. The fourth-order valence-corrected chi connectivity index (χ4v) is 6.75. The summed E-state index contributed by atoms with van der Waals surface area (Å²) in [6.45, 7) is 0.824. The molecule has 1 aliphatic carbocycles. The Morgan fingerprint density at radius 3 is 2.88 bits per heavy atom. The second-order valence-corrected chi connectivity index (χ2v) is 9.97. The summed E-state index contributed by atoms with van der Waals surface area (Å²) in [5, 5.41) is 6.89. The topological polar surface area (TPSA) is 54.1 Å². The molecule has 1 fully saturated rings. The van der Waals surface area contributed by atoms with Gasteiger partial charge in [-0.25, -0.2) is 0 Å². The Hall–Kier alpha value is -2.89. The van der Waals surface area contributed by atoms with Crippen LogP contribution < -0.4 is 10.1 Å². The van der Waals surface area contributed by atoms with Gasteiger partial charge >= 0.3 is 0 Å². The van der Waals surface area contributed by atoms with Gasteiger partial charge in [0, 0.05) is 22.0 Å². The molecule has 4 nitrogen and oxygen atoms in total. The van der Waals surface area contributed by atoms with E-state index in [1.807, 2.05) is 23.6 Å². The van der Waals surface area contributed by atoms with Crippen LogP contribution in [0, 0.1) is 5.92 Å². The highest BCUT2D eigenvalue weighted by Crippen LogP contribution is 2.50. The highest BCUT2D eigenvalue weighted by molar-refractivity contribution is 7.12. The summed E-state index contributed by atoms with van der Waals surface area (Å²) in [5.74, 6) is 1.27. The van der Waals surface area contributed by atoms with Crippen molar-refractivity contribution in [1.29, 1.82) is 0 Å². The molecule has 4 aromatic rings. The first-order valence-electron chi connectivity index (χ1n) is 11.2. The molecule has 162 valence electrons. The number of aromatic amines is 1. The molecular formula is C27H26N2O2S. The van der Waals surface area contributed by atoms with Crippen LogP contribution in [0.2, 0.25) is 0 Å². The standard InChI is InChI=1S/C27H26N2O2S/c1-31-18-7-4-6-17(14-18)27-11-12-28-25(26(30)24-10-5-13-32-24)21(27)15-20-19-8-2-3-9-22(19)29-23(20)16-27/h2-10,13-14,21,25,28-29H,11-12,15-16H2,1H3/t21?,25?,27-/m1/s1. The van der Waals surface area contributed by atoms with Crippen molar-refractivity contribution in [2.75, 3.05) is 13.7 Å². The number of nitrogens with one attached hydrogen (secondary N) is 2. The van der Waals surface area contributed by atoms with Crippen molar-refractivity contribution in [2.24, 2.45) is 5.92 Å². The van der Waals surface area contributed by atoms with E-state index < -0.39 is 0 Å². The molecule has 2 aromatic carbocycles. The number of thiophene rings is 1. The number of piperidine rings is 1. The van der Waals surface area contributed by atoms with Gasteiger partial charge in [0.25, 0.3) is 0 Å². The van der Waals surface area contributed by atoms with E-state index in [4.69, 9.17) is 4.74 Å². The van der Waals surface area contributed by atoms with E-state index in [1.54, 1.807) is 7.11 Å². The number of ether oxygens (including phenoxy) is 1. The van der Waals surface area contributed by atoms with Crippen molar-refractivity contribution >= 4 is 28.0 Å². The molecule has 2 unspecified atom stereocenters. The lowest BCUT2D eigenvalue weighted by Gasteiger charge is -2.51. The lowest BCUT2D eigenvalue weighted by Crippen LogP contribution is -2.60. The van der Waals surface area contributed by atoms with Gasteiger partial charge in [-0.1, -0.05) is 36.4 Å². The molecule has 2 aromatic heterocycles. The number of methoxy groups -OCH3 is 1.